The van der Waals surface area contributed by atoms with Crippen LogP contribution in [-0.2, 0) is 4.74 Å². The van der Waals surface area contributed by atoms with E-state index in [1.165, 1.54) is 5.56 Å². The summed E-state index contributed by atoms with van der Waals surface area (Å²) in [5.41, 5.74) is 1.68. The Balaban J connectivity index is 1.85. The highest BCUT2D eigenvalue weighted by Gasteiger charge is 2.26. The Kier molecular flexibility index (Phi) is 4.19. The predicted octanol–water partition coefficient (Wildman–Crippen LogP) is 2.95. The molecule has 0 aliphatic carbocycles. The van der Waals surface area contributed by atoms with Crippen molar-refractivity contribution in [3.8, 4) is 0 Å². The first kappa shape index (κ1) is 12.6. The molecule has 0 saturated carbocycles. The Morgan fingerprint density at radius 2 is 1.88 bits per heavy atom. The third kappa shape index (κ3) is 3.55. The Morgan fingerprint density at radius 1 is 1.24 bits per heavy atom. The number of hydrogen-bond acceptors (Lipinski definition) is 2. The molecule has 1 N–H and O–H groups in total. The monoisotopic (exact) mass is 233 g/mol. The Morgan fingerprint density at radius 3 is 2.53 bits per heavy atom. The van der Waals surface area contributed by atoms with Gasteiger partial charge in [-0.2, -0.15) is 0 Å². The molecule has 1 aromatic carbocycles. The van der Waals surface area contributed by atoms with E-state index in [0.29, 0.717) is 5.92 Å². The molecule has 1 atom stereocenters. The molecular formula is C15H23NO. The van der Waals surface area contributed by atoms with Gasteiger partial charge in [-0.1, -0.05) is 37.3 Å². The Bertz CT molecular complexity index is 330. The molecule has 2 heteroatoms. The fourth-order valence-corrected chi connectivity index (χ4v) is 2.30. The molecule has 0 spiro atoms. The quantitative estimate of drug-likeness (QED) is 0.863. The number of benzene rings is 1. The summed E-state index contributed by atoms with van der Waals surface area (Å²) in [7, 11) is 0. The van der Waals surface area contributed by atoms with Crippen LogP contribution in [0.1, 0.15) is 38.2 Å². The zero-order chi connectivity index (χ0) is 12.1. The SMILES string of the molecule is C[C@@H](CNC1(C)CCOCC1)c1ccccc1. The van der Waals surface area contributed by atoms with Crippen LogP contribution in [0.15, 0.2) is 30.3 Å². The van der Waals surface area contributed by atoms with Crippen molar-refractivity contribution >= 4 is 0 Å². The first-order valence-electron chi connectivity index (χ1n) is 6.57. The van der Waals surface area contributed by atoms with Crippen molar-refractivity contribution in [2.45, 2.75) is 38.1 Å². The summed E-state index contributed by atoms with van der Waals surface area (Å²) in [6.45, 7) is 7.42. The lowest BCUT2D eigenvalue weighted by molar-refractivity contribution is 0.0449. The highest BCUT2D eigenvalue weighted by molar-refractivity contribution is 5.19. The predicted molar refractivity (Wildman–Crippen MR) is 71.3 cm³/mol. The lowest BCUT2D eigenvalue weighted by atomic mass is 9.91. The molecule has 17 heavy (non-hydrogen) atoms. The molecule has 94 valence electrons. The van der Waals surface area contributed by atoms with Gasteiger partial charge >= 0.3 is 0 Å². The molecule has 1 aliphatic heterocycles. The van der Waals surface area contributed by atoms with E-state index in [4.69, 9.17) is 4.74 Å². The van der Waals surface area contributed by atoms with E-state index >= 15 is 0 Å². The van der Waals surface area contributed by atoms with E-state index in [0.717, 1.165) is 32.6 Å². The van der Waals surface area contributed by atoms with Crippen LogP contribution >= 0.6 is 0 Å². The van der Waals surface area contributed by atoms with Crippen molar-refractivity contribution < 1.29 is 4.74 Å². The van der Waals surface area contributed by atoms with E-state index in [1.54, 1.807) is 0 Å². The van der Waals surface area contributed by atoms with E-state index in [2.05, 4.69) is 49.5 Å². The van der Waals surface area contributed by atoms with Crippen LogP contribution in [0.3, 0.4) is 0 Å². The van der Waals surface area contributed by atoms with Gasteiger partial charge < -0.3 is 10.1 Å². The molecule has 1 heterocycles. The van der Waals surface area contributed by atoms with Gasteiger partial charge in [0.05, 0.1) is 0 Å². The minimum Gasteiger partial charge on any atom is -0.381 e. The van der Waals surface area contributed by atoms with Crippen molar-refractivity contribution in [1.29, 1.82) is 0 Å². The largest absolute Gasteiger partial charge is 0.381 e. The van der Waals surface area contributed by atoms with Gasteiger partial charge in [0.15, 0.2) is 0 Å². The third-order valence-corrected chi connectivity index (χ3v) is 3.80. The van der Waals surface area contributed by atoms with E-state index in [-0.39, 0.29) is 5.54 Å². The van der Waals surface area contributed by atoms with Crippen molar-refractivity contribution in [3.05, 3.63) is 35.9 Å². The smallest absolute Gasteiger partial charge is 0.0483 e. The van der Waals surface area contributed by atoms with Gasteiger partial charge in [-0.25, -0.2) is 0 Å². The summed E-state index contributed by atoms with van der Waals surface area (Å²) in [5.74, 6) is 0.566. The number of hydrogen-bond donors (Lipinski definition) is 1. The van der Waals surface area contributed by atoms with Gasteiger partial charge in [0.25, 0.3) is 0 Å². The summed E-state index contributed by atoms with van der Waals surface area (Å²) in [4.78, 5) is 0. The summed E-state index contributed by atoms with van der Waals surface area (Å²) < 4.78 is 5.42. The van der Waals surface area contributed by atoms with Gasteiger partial charge in [-0.3, -0.25) is 0 Å². The number of nitrogens with one attached hydrogen (secondary N) is 1. The van der Waals surface area contributed by atoms with Crippen LogP contribution in [0.2, 0.25) is 0 Å². The summed E-state index contributed by atoms with van der Waals surface area (Å²) >= 11 is 0. The lowest BCUT2D eigenvalue weighted by Crippen LogP contribution is -2.47. The molecule has 0 radical (unpaired) electrons. The molecule has 2 rings (SSSR count). The zero-order valence-corrected chi connectivity index (χ0v) is 10.9. The minimum atomic E-state index is 0.265. The van der Waals surface area contributed by atoms with Crippen molar-refractivity contribution in [2.24, 2.45) is 0 Å². The van der Waals surface area contributed by atoms with Crippen LogP contribution in [0.5, 0.6) is 0 Å². The van der Waals surface area contributed by atoms with Crippen LogP contribution in [0.4, 0.5) is 0 Å². The molecule has 2 nitrogen and oxygen atoms in total. The van der Waals surface area contributed by atoms with Crippen molar-refractivity contribution in [3.63, 3.8) is 0 Å². The molecule has 0 aromatic heterocycles. The summed E-state index contributed by atoms with van der Waals surface area (Å²) in [6, 6.07) is 10.7. The van der Waals surface area contributed by atoms with Gasteiger partial charge in [0.2, 0.25) is 0 Å². The Hall–Kier alpha value is -0.860. The van der Waals surface area contributed by atoms with Crippen molar-refractivity contribution in [2.75, 3.05) is 19.8 Å². The Labute approximate surface area is 104 Å². The average molecular weight is 233 g/mol. The number of ether oxygens (including phenoxy) is 1. The van der Waals surface area contributed by atoms with Crippen LogP contribution < -0.4 is 5.32 Å². The van der Waals surface area contributed by atoms with Crippen LogP contribution in [0, 0.1) is 0 Å². The lowest BCUT2D eigenvalue weighted by Gasteiger charge is -2.35. The van der Waals surface area contributed by atoms with Gasteiger partial charge in [0.1, 0.15) is 0 Å². The zero-order valence-electron chi connectivity index (χ0n) is 10.9. The maximum Gasteiger partial charge on any atom is 0.0483 e. The van der Waals surface area contributed by atoms with Gasteiger partial charge in [-0.15, -0.1) is 0 Å². The molecule has 1 saturated heterocycles. The maximum atomic E-state index is 5.42. The summed E-state index contributed by atoms with van der Waals surface area (Å²) in [6.07, 6.45) is 2.24. The summed E-state index contributed by atoms with van der Waals surface area (Å²) in [5, 5.41) is 3.72. The third-order valence-electron chi connectivity index (χ3n) is 3.80. The fourth-order valence-electron chi connectivity index (χ4n) is 2.30. The maximum absolute atomic E-state index is 5.42. The topological polar surface area (TPSA) is 21.3 Å². The fraction of sp³-hybridized carbons (Fsp3) is 0.600. The first-order valence-corrected chi connectivity index (χ1v) is 6.57. The number of rotatable bonds is 4. The minimum absolute atomic E-state index is 0.265. The molecule has 1 aliphatic rings. The molecule has 1 fully saturated rings. The van der Waals surface area contributed by atoms with Gasteiger partial charge in [-0.05, 0) is 31.2 Å². The molecular weight excluding hydrogens is 210 g/mol. The molecule has 0 bridgehead atoms. The molecule has 0 unspecified atom stereocenters. The van der Waals surface area contributed by atoms with E-state index in [1.807, 2.05) is 0 Å². The van der Waals surface area contributed by atoms with E-state index < -0.39 is 0 Å². The molecule has 1 aromatic rings. The van der Waals surface area contributed by atoms with Crippen molar-refractivity contribution in [1.82, 2.24) is 5.32 Å². The molecule has 0 amide bonds. The second kappa shape index (κ2) is 5.65. The second-order valence-electron chi connectivity index (χ2n) is 5.37. The normalized spacial score (nSPS) is 21.1. The average Bonchev–Trinajstić information content (AvgIpc) is 2.38. The second-order valence-corrected chi connectivity index (χ2v) is 5.37. The highest BCUT2D eigenvalue weighted by atomic mass is 16.5. The standard InChI is InChI=1S/C15H23NO/c1-13(14-6-4-3-5-7-14)12-16-15(2)8-10-17-11-9-15/h3-7,13,16H,8-12H2,1-2H3/t13-/m0/s1. The van der Waals surface area contributed by atoms with E-state index in [9.17, 15) is 0 Å². The van der Waals surface area contributed by atoms with Crippen LogP contribution in [0.25, 0.3) is 0 Å². The highest BCUT2D eigenvalue weighted by Crippen LogP contribution is 2.21. The van der Waals surface area contributed by atoms with Gasteiger partial charge in [0, 0.05) is 25.3 Å². The van der Waals surface area contributed by atoms with Crippen LogP contribution in [-0.4, -0.2) is 25.3 Å². The first-order chi connectivity index (χ1) is 8.20.